The summed E-state index contributed by atoms with van der Waals surface area (Å²) in [6.07, 6.45) is 1.86. The molecule has 0 radical (unpaired) electrons. The van der Waals surface area contributed by atoms with E-state index in [2.05, 4.69) is 0 Å². The Morgan fingerprint density at radius 2 is 2.23 bits per heavy atom. The molecule has 0 heterocycles. The summed E-state index contributed by atoms with van der Waals surface area (Å²) >= 11 is 0. The number of hydrogen-bond donors (Lipinski definition) is 1. The second kappa shape index (κ2) is 4.19. The number of benzene rings is 1. The monoisotopic (exact) mass is 180 g/mol. The number of halogens is 1. The van der Waals surface area contributed by atoms with E-state index >= 15 is 0 Å². The maximum absolute atomic E-state index is 12.7. The Balaban J connectivity index is 3.03. The normalized spacial score (nSPS) is 11.8. The lowest BCUT2D eigenvalue weighted by atomic mass is 10.1. The van der Waals surface area contributed by atoms with Gasteiger partial charge in [-0.15, -0.1) is 0 Å². The molecule has 0 aliphatic carbocycles. The molecule has 0 aromatic heterocycles. The van der Waals surface area contributed by atoms with Crippen LogP contribution in [0.3, 0.4) is 0 Å². The smallest absolute Gasteiger partial charge is 0.123 e. The molecule has 0 aliphatic rings. The second-order valence-corrected chi connectivity index (χ2v) is 3.15. The Morgan fingerprint density at radius 3 is 2.77 bits per heavy atom. The van der Waals surface area contributed by atoms with Gasteiger partial charge in [-0.1, -0.05) is 12.1 Å². The molecule has 0 saturated heterocycles. The molecule has 1 aromatic carbocycles. The third-order valence-electron chi connectivity index (χ3n) is 1.88. The zero-order valence-electron chi connectivity index (χ0n) is 7.84. The summed E-state index contributed by atoms with van der Waals surface area (Å²) in [5.41, 5.74) is 2.70. The number of aryl methyl sites for hydroxylation is 1. The highest BCUT2D eigenvalue weighted by molar-refractivity contribution is 5.56. The Labute approximate surface area is 77.5 Å². The van der Waals surface area contributed by atoms with Gasteiger partial charge in [0.25, 0.3) is 0 Å². The summed E-state index contributed by atoms with van der Waals surface area (Å²) in [6.45, 7) is 3.72. The molecule has 0 atom stereocenters. The highest BCUT2D eigenvalue weighted by atomic mass is 19.1. The first-order chi connectivity index (χ1) is 6.13. The van der Waals surface area contributed by atoms with Gasteiger partial charge >= 0.3 is 0 Å². The van der Waals surface area contributed by atoms with Crippen molar-refractivity contribution in [3.8, 4) is 0 Å². The molecule has 0 unspecified atom stereocenters. The number of hydrogen-bond acceptors (Lipinski definition) is 1. The van der Waals surface area contributed by atoms with Gasteiger partial charge in [0, 0.05) is 0 Å². The molecule has 1 N–H and O–H groups in total. The first-order valence-electron chi connectivity index (χ1n) is 4.17. The van der Waals surface area contributed by atoms with Gasteiger partial charge in [-0.3, -0.25) is 0 Å². The van der Waals surface area contributed by atoms with Crippen LogP contribution in [0.4, 0.5) is 4.39 Å². The average Bonchev–Trinajstić information content (AvgIpc) is 2.09. The van der Waals surface area contributed by atoms with Crippen LogP contribution in [0.15, 0.2) is 23.8 Å². The van der Waals surface area contributed by atoms with Crippen molar-refractivity contribution in [2.24, 2.45) is 0 Å². The van der Waals surface area contributed by atoms with Gasteiger partial charge in [-0.05, 0) is 42.7 Å². The van der Waals surface area contributed by atoms with Crippen molar-refractivity contribution in [2.45, 2.75) is 13.8 Å². The van der Waals surface area contributed by atoms with Gasteiger partial charge < -0.3 is 5.11 Å². The van der Waals surface area contributed by atoms with E-state index in [9.17, 15) is 4.39 Å². The minimum absolute atomic E-state index is 0.0385. The second-order valence-electron chi connectivity index (χ2n) is 3.15. The van der Waals surface area contributed by atoms with Crippen LogP contribution in [0.5, 0.6) is 0 Å². The molecule has 0 aliphatic heterocycles. The van der Waals surface area contributed by atoms with E-state index in [1.54, 1.807) is 6.07 Å². The van der Waals surface area contributed by atoms with Gasteiger partial charge in [-0.25, -0.2) is 4.39 Å². The molecule has 2 heteroatoms. The molecule has 1 aromatic rings. The van der Waals surface area contributed by atoms with Gasteiger partial charge in [0.15, 0.2) is 0 Å². The van der Waals surface area contributed by atoms with E-state index in [1.807, 2.05) is 19.9 Å². The van der Waals surface area contributed by atoms with E-state index in [0.717, 1.165) is 16.7 Å². The van der Waals surface area contributed by atoms with Crippen molar-refractivity contribution in [3.63, 3.8) is 0 Å². The first-order valence-corrected chi connectivity index (χ1v) is 4.17. The molecule has 1 nitrogen and oxygen atoms in total. The van der Waals surface area contributed by atoms with Crippen molar-refractivity contribution >= 4 is 6.08 Å². The predicted octanol–water partition coefficient (Wildman–Crippen LogP) is 2.53. The molecule has 0 fully saturated rings. The molecule has 0 bridgehead atoms. The van der Waals surface area contributed by atoms with Crippen LogP contribution in [0.1, 0.15) is 18.1 Å². The van der Waals surface area contributed by atoms with Crippen molar-refractivity contribution in [2.75, 3.05) is 6.61 Å². The third kappa shape index (κ3) is 2.67. The first kappa shape index (κ1) is 9.93. The van der Waals surface area contributed by atoms with Crippen LogP contribution in [-0.4, -0.2) is 11.7 Å². The summed E-state index contributed by atoms with van der Waals surface area (Å²) in [5, 5.41) is 8.80. The summed E-state index contributed by atoms with van der Waals surface area (Å²) in [5.74, 6) is -0.226. The molecule has 0 amide bonds. The zero-order chi connectivity index (χ0) is 9.84. The molecule has 0 spiro atoms. The highest BCUT2D eigenvalue weighted by Crippen LogP contribution is 2.13. The van der Waals surface area contributed by atoms with Crippen LogP contribution >= 0.6 is 0 Å². The molecule has 70 valence electrons. The van der Waals surface area contributed by atoms with Crippen molar-refractivity contribution in [1.29, 1.82) is 0 Å². The maximum Gasteiger partial charge on any atom is 0.123 e. The highest BCUT2D eigenvalue weighted by Gasteiger charge is 1.97. The standard InChI is InChI=1S/C11H13FO/c1-8(7-13)5-10-3-4-11(12)6-9(10)2/h3-6,13H,7H2,1-2H3. The van der Waals surface area contributed by atoms with Crippen LogP contribution < -0.4 is 0 Å². The summed E-state index contributed by atoms with van der Waals surface area (Å²) in [7, 11) is 0. The van der Waals surface area contributed by atoms with Crippen LogP contribution in [0.25, 0.3) is 6.08 Å². The fraction of sp³-hybridized carbons (Fsp3) is 0.273. The topological polar surface area (TPSA) is 20.2 Å². The Bertz CT molecular complexity index is 329. The minimum atomic E-state index is -0.226. The molecule has 0 saturated carbocycles. The van der Waals surface area contributed by atoms with E-state index < -0.39 is 0 Å². The van der Waals surface area contributed by atoms with Crippen molar-refractivity contribution in [3.05, 3.63) is 40.7 Å². The lowest BCUT2D eigenvalue weighted by molar-refractivity contribution is 0.332. The lowest BCUT2D eigenvalue weighted by Gasteiger charge is -2.01. The molecular formula is C11H13FO. The van der Waals surface area contributed by atoms with E-state index in [1.165, 1.54) is 12.1 Å². The van der Waals surface area contributed by atoms with Crippen molar-refractivity contribution < 1.29 is 9.50 Å². The summed E-state index contributed by atoms with van der Waals surface area (Å²) in [6, 6.07) is 4.61. The minimum Gasteiger partial charge on any atom is -0.392 e. The van der Waals surface area contributed by atoms with Crippen LogP contribution in [0, 0.1) is 12.7 Å². The quantitative estimate of drug-likeness (QED) is 0.741. The summed E-state index contributed by atoms with van der Waals surface area (Å²) in [4.78, 5) is 0. The predicted molar refractivity (Wildman–Crippen MR) is 51.9 cm³/mol. The van der Waals surface area contributed by atoms with E-state index in [0.29, 0.717) is 0 Å². The van der Waals surface area contributed by atoms with E-state index in [-0.39, 0.29) is 12.4 Å². The molecule has 1 rings (SSSR count). The molecular weight excluding hydrogens is 167 g/mol. The fourth-order valence-electron chi connectivity index (χ4n) is 1.11. The Hall–Kier alpha value is -1.15. The lowest BCUT2D eigenvalue weighted by Crippen LogP contribution is -1.87. The average molecular weight is 180 g/mol. The number of aliphatic hydroxyl groups is 1. The van der Waals surface area contributed by atoms with Gasteiger partial charge in [0.05, 0.1) is 6.61 Å². The van der Waals surface area contributed by atoms with Gasteiger partial charge in [-0.2, -0.15) is 0 Å². The Morgan fingerprint density at radius 1 is 1.54 bits per heavy atom. The zero-order valence-corrected chi connectivity index (χ0v) is 7.84. The van der Waals surface area contributed by atoms with Crippen LogP contribution in [-0.2, 0) is 0 Å². The number of rotatable bonds is 2. The SMILES string of the molecule is CC(=Cc1ccc(F)cc1C)CO. The fourth-order valence-corrected chi connectivity index (χ4v) is 1.11. The molecule has 13 heavy (non-hydrogen) atoms. The van der Waals surface area contributed by atoms with Gasteiger partial charge in [0.1, 0.15) is 5.82 Å². The van der Waals surface area contributed by atoms with Crippen LogP contribution in [0.2, 0.25) is 0 Å². The van der Waals surface area contributed by atoms with E-state index in [4.69, 9.17) is 5.11 Å². The summed E-state index contributed by atoms with van der Waals surface area (Å²) < 4.78 is 12.7. The Kier molecular flexibility index (Phi) is 3.20. The third-order valence-corrected chi connectivity index (χ3v) is 1.88. The maximum atomic E-state index is 12.7. The largest absolute Gasteiger partial charge is 0.392 e. The number of aliphatic hydroxyl groups excluding tert-OH is 1. The van der Waals surface area contributed by atoms with Gasteiger partial charge in [0.2, 0.25) is 0 Å². The van der Waals surface area contributed by atoms with Crippen molar-refractivity contribution in [1.82, 2.24) is 0 Å².